The summed E-state index contributed by atoms with van der Waals surface area (Å²) in [5.41, 5.74) is 3.36. The first kappa shape index (κ1) is 26.7. The lowest BCUT2D eigenvalue weighted by Crippen LogP contribution is -2.57. The molecule has 200 valence electrons. The molecule has 0 bridgehead atoms. The molecule has 2 atom stereocenters. The molecule has 1 saturated heterocycles. The third-order valence-electron chi connectivity index (χ3n) is 9.09. The van der Waals surface area contributed by atoms with Gasteiger partial charge in [-0.05, 0) is 72.3 Å². The molecular weight excluding hydrogens is 496 g/mol. The van der Waals surface area contributed by atoms with Gasteiger partial charge in [-0.1, -0.05) is 60.8 Å². The summed E-state index contributed by atoms with van der Waals surface area (Å²) in [5.74, 6) is 0.402. The predicted molar refractivity (Wildman–Crippen MR) is 148 cm³/mol. The highest BCUT2D eigenvalue weighted by molar-refractivity contribution is 6.30. The molecule has 2 N–H and O–H groups in total. The number of carbonyl (C=O) groups is 2. The zero-order valence-corrected chi connectivity index (χ0v) is 22.7. The predicted octanol–water partition coefficient (Wildman–Crippen LogP) is 4.79. The number of likely N-dealkylation sites (tertiary alicyclic amines) is 1. The number of nitriles is 1. The van der Waals surface area contributed by atoms with Gasteiger partial charge >= 0.3 is 0 Å². The topological polar surface area (TPSA) is 85.2 Å². The van der Waals surface area contributed by atoms with Crippen LogP contribution in [0.4, 0.5) is 0 Å². The molecule has 2 aromatic carbocycles. The van der Waals surface area contributed by atoms with Gasteiger partial charge in [-0.2, -0.15) is 5.26 Å². The van der Waals surface area contributed by atoms with E-state index in [0.29, 0.717) is 49.8 Å². The van der Waals surface area contributed by atoms with Crippen molar-refractivity contribution in [2.24, 2.45) is 11.3 Å². The molecule has 2 fully saturated rings. The van der Waals surface area contributed by atoms with Gasteiger partial charge in [-0.15, -0.1) is 0 Å². The molecule has 1 aliphatic carbocycles. The van der Waals surface area contributed by atoms with E-state index in [4.69, 9.17) is 11.6 Å². The Hall–Kier alpha value is -2.88. The largest absolute Gasteiger partial charge is 0.343 e. The Labute approximate surface area is 230 Å². The van der Waals surface area contributed by atoms with E-state index in [1.54, 1.807) is 0 Å². The number of halogens is 1. The summed E-state index contributed by atoms with van der Waals surface area (Å²) < 4.78 is 0. The fourth-order valence-corrected chi connectivity index (χ4v) is 6.91. The number of nitrogens with zero attached hydrogens (tertiary/aromatic N) is 2. The summed E-state index contributed by atoms with van der Waals surface area (Å²) in [6.07, 6.45) is 8.19. The van der Waals surface area contributed by atoms with Gasteiger partial charge in [-0.25, -0.2) is 0 Å². The van der Waals surface area contributed by atoms with E-state index in [9.17, 15) is 14.9 Å². The van der Waals surface area contributed by atoms with Crippen molar-refractivity contribution >= 4 is 23.4 Å². The summed E-state index contributed by atoms with van der Waals surface area (Å²) in [6, 6.07) is 17.0. The van der Waals surface area contributed by atoms with Gasteiger partial charge in [0.15, 0.2) is 0 Å². The van der Waals surface area contributed by atoms with E-state index in [-0.39, 0.29) is 23.3 Å². The van der Waals surface area contributed by atoms with Crippen molar-refractivity contribution in [2.45, 2.75) is 76.4 Å². The molecule has 2 aliphatic heterocycles. The molecule has 2 aromatic rings. The molecular formula is C31H37ClN4O2. The van der Waals surface area contributed by atoms with Gasteiger partial charge in [-0.3, -0.25) is 9.59 Å². The number of piperidine rings is 1. The average molecular weight is 533 g/mol. The zero-order chi connectivity index (χ0) is 26.5. The quantitative estimate of drug-likeness (QED) is 0.536. The lowest BCUT2D eigenvalue weighted by atomic mass is 9.66. The van der Waals surface area contributed by atoms with Crippen LogP contribution in [-0.4, -0.2) is 41.9 Å². The minimum absolute atomic E-state index is 0.0242. The highest BCUT2D eigenvalue weighted by Gasteiger charge is 2.44. The van der Waals surface area contributed by atoms with Crippen LogP contribution < -0.4 is 10.6 Å². The summed E-state index contributed by atoms with van der Waals surface area (Å²) in [4.78, 5) is 29.2. The van der Waals surface area contributed by atoms with Crippen molar-refractivity contribution in [3.05, 3.63) is 70.2 Å². The van der Waals surface area contributed by atoms with Crippen LogP contribution in [-0.2, 0) is 29.0 Å². The minimum atomic E-state index is -0.655. The molecule has 0 spiro atoms. The number of hydrogen-bond acceptors (Lipinski definition) is 4. The van der Waals surface area contributed by atoms with E-state index in [1.807, 2.05) is 41.3 Å². The van der Waals surface area contributed by atoms with Crippen LogP contribution in [0.1, 0.15) is 61.6 Å². The first-order valence-corrected chi connectivity index (χ1v) is 14.4. The Morgan fingerprint density at radius 2 is 1.76 bits per heavy atom. The zero-order valence-electron chi connectivity index (χ0n) is 21.9. The van der Waals surface area contributed by atoms with E-state index >= 15 is 0 Å². The van der Waals surface area contributed by atoms with Crippen molar-refractivity contribution in [3.63, 3.8) is 0 Å². The van der Waals surface area contributed by atoms with E-state index in [0.717, 1.165) is 18.4 Å². The fraction of sp³-hybridized carbons (Fsp3) is 0.516. The standard InChI is InChI=1S/C31H37ClN4O2/c32-26-11-9-22(10-12-26)19-28(35-29(37)27-20-23-5-1-2-6-24(23)21-34-27)30(38)36-17-14-31(13-16-33,15-18-36)25-7-3-4-8-25/h1-2,5-6,9-12,25,27-28,34H,3-4,7-8,13-15,17-21H2,(H,35,37)/t27-,28+/m1/s1. The Bertz CT molecular complexity index is 1180. The van der Waals surface area contributed by atoms with Crippen LogP contribution in [0.25, 0.3) is 0 Å². The van der Waals surface area contributed by atoms with E-state index < -0.39 is 6.04 Å². The van der Waals surface area contributed by atoms with E-state index in [2.05, 4.69) is 28.8 Å². The van der Waals surface area contributed by atoms with Crippen LogP contribution in [0, 0.1) is 22.7 Å². The number of benzene rings is 2. The second kappa shape index (κ2) is 11.9. The molecule has 5 rings (SSSR count). The van der Waals surface area contributed by atoms with Crippen molar-refractivity contribution in [1.29, 1.82) is 5.26 Å². The van der Waals surface area contributed by atoms with Crippen LogP contribution in [0.3, 0.4) is 0 Å². The molecule has 0 radical (unpaired) electrons. The Kier molecular flexibility index (Phi) is 8.35. The summed E-state index contributed by atoms with van der Waals surface area (Å²) in [5, 5.41) is 16.7. The normalized spacial score (nSPS) is 21.8. The Morgan fingerprint density at radius 1 is 1.08 bits per heavy atom. The second-order valence-electron chi connectivity index (χ2n) is 11.3. The SMILES string of the molecule is N#CCC1(C2CCCC2)CCN(C(=O)[C@H](Cc2ccc(Cl)cc2)NC(=O)[C@H]2Cc3ccccc3CN2)CC1. The van der Waals surface area contributed by atoms with Gasteiger partial charge in [0.1, 0.15) is 6.04 Å². The van der Waals surface area contributed by atoms with Crippen molar-refractivity contribution in [3.8, 4) is 6.07 Å². The lowest BCUT2D eigenvalue weighted by Gasteiger charge is -2.45. The number of carbonyl (C=O) groups excluding carboxylic acids is 2. The minimum Gasteiger partial charge on any atom is -0.343 e. The van der Waals surface area contributed by atoms with Gasteiger partial charge in [0, 0.05) is 37.5 Å². The van der Waals surface area contributed by atoms with E-state index in [1.165, 1.54) is 36.8 Å². The molecule has 6 nitrogen and oxygen atoms in total. The maximum absolute atomic E-state index is 13.9. The first-order chi connectivity index (χ1) is 18.5. The average Bonchev–Trinajstić information content (AvgIpc) is 3.50. The molecule has 3 aliphatic rings. The summed E-state index contributed by atoms with van der Waals surface area (Å²) in [6.45, 7) is 1.91. The molecule has 1 saturated carbocycles. The maximum atomic E-state index is 13.9. The molecule has 2 amide bonds. The highest BCUT2D eigenvalue weighted by Crippen LogP contribution is 2.49. The van der Waals surface area contributed by atoms with Crippen LogP contribution in [0.15, 0.2) is 48.5 Å². The smallest absolute Gasteiger partial charge is 0.245 e. The second-order valence-corrected chi connectivity index (χ2v) is 11.7. The third kappa shape index (κ3) is 5.90. The van der Waals surface area contributed by atoms with Crippen LogP contribution >= 0.6 is 11.6 Å². The van der Waals surface area contributed by atoms with Crippen molar-refractivity contribution < 1.29 is 9.59 Å². The molecule has 0 aromatic heterocycles. The van der Waals surface area contributed by atoms with Gasteiger partial charge in [0.2, 0.25) is 11.8 Å². The number of hydrogen-bond donors (Lipinski definition) is 2. The number of amides is 2. The number of fused-ring (bicyclic) bond motifs is 1. The molecule has 7 heteroatoms. The fourth-order valence-electron chi connectivity index (χ4n) is 6.79. The number of nitrogens with one attached hydrogen (secondary N) is 2. The summed E-state index contributed by atoms with van der Waals surface area (Å²) >= 11 is 6.09. The molecule has 38 heavy (non-hydrogen) atoms. The van der Waals surface area contributed by atoms with Crippen molar-refractivity contribution in [2.75, 3.05) is 13.1 Å². The highest BCUT2D eigenvalue weighted by atomic mass is 35.5. The van der Waals surface area contributed by atoms with Crippen LogP contribution in [0.2, 0.25) is 5.02 Å². The third-order valence-corrected chi connectivity index (χ3v) is 9.34. The Balaban J connectivity index is 1.29. The van der Waals surface area contributed by atoms with Gasteiger partial charge in [0.25, 0.3) is 0 Å². The molecule has 0 unspecified atom stereocenters. The first-order valence-electron chi connectivity index (χ1n) is 14.0. The van der Waals surface area contributed by atoms with Gasteiger partial charge < -0.3 is 15.5 Å². The van der Waals surface area contributed by atoms with Gasteiger partial charge in [0.05, 0.1) is 12.1 Å². The monoisotopic (exact) mass is 532 g/mol. The van der Waals surface area contributed by atoms with Crippen molar-refractivity contribution in [1.82, 2.24) is 15.5 Å². The maximum Gasteiger partial charge on any atom is 0.245 e. The number of rotatable bonds is 7. The molecule has 2 heterocycles. The lowest BCUT2D eigenvalue weighted by molar-refractivity contribution is -0.139. The Morgan fingerprint density at radius 3 is 2.45 bits per heavy atom. The summed E-state index contributed by atoms with van der Waals surface area (Å²) in [7, 11) is 0. The van der Waals surface area contributed by atoms with Crippen LogP contribution in [0.5, 0.6) is 0 Å².